The third-order valence-electron chi connectivity index (χ3n) is 3.33. The Bertz CT molecular complexity index is 691. The van der Waals surface area contributed by atoms with Gasteiger partial charge in [-0.2, -0.15) is 19.8 Å². The van der Waals surface area contributed by atoms with E-state index in [1.165, 1.54) is 12.6 Å². The third-order valence-corrected chi connectivity index (χ3v) is 5.94. The first-order valence-corrected chi connectivity index (χ1v) is 9.89. The number of nitrogens with zero attached hydrogens (tertiary/aromatic N) is 2. The zero-order chi connectivity index (χ0) is 20.4. The highest BCUT2D eigenvalue weighted by atomic mass is 31.3. The second-order valence-corrected chi connectivity index (χ2v) is 8.26. The average Bonchev–Trinajstić information content (AvgIpc) is 2.88. The van der Waals surface area contributed by atoms with Crippen molar-refractivity contribution in [2.24, 2.45) is 22.5 Å². The lowest BCUT2D eigenvalue weighted by Crippen LogP contribution is -2.43. The van der Waals surface area contributed by atoms with Crippen LogP contribution >= 0.6 is 16.0 Å². The van der Waals surface area contributed by atoms with E-state index in [-0.39, 0.29) is 5.84 Å². The maximum Gasteiger partial charge on any atom is 0.550 e. The lowest BCUT2D eigenvalue weighted by Gasteiger charge is -2.24. The topological polar surface area (TPSA) is 257 Å². The molecule has 0 aromatic carbocycles. The fourth-order valence-corrected chi connectivity index (χ4v) is 4.00. The molecule has 152 valence electrons. The van der Waals surface area contributed by atoms with Crippen molar-refractivity contribution in [2.45, 2.75) is 24.5 Å². The first-order chi connectivity index (χ1) is 12.5. The predicted octanol–water partition coefficient (Wildman–Crippen LogP) is -3.84. The second kappa shape index (κ2) is 8.50. The Hall–Kier alpha value is -1.10. The van der Waals surface area contributed by atoms with Gasteiger partial charge in [0.1, 0.15) is 24.9 Å². The number of aliphatic imine (C=N–C) groups is 1. The molecule has 2 unspecified atom stereocenters. The first-order valence-electron chi connectivity index (χ1n) is 6.94. The molecule has 1 saturated heterocycles. The van der Waals surface area contributed by atoms with E-state index in [0.717, 1.165) is 4.58 Å². The van der Waals surface area contributed by atoms with Crippen LogP contribution < -0.4 is 22.4 Å². The molecule has 0 saturated carbocycles. The van der Waals surface area contributed by atoms with Crippen molar-refractivity contribution < 1.29 is 56.8 Å². The van der Waals surface area contributed by atoms with Crippen LogP contribution in [0.1, 0.15) is 0 Å². The molecule has 0 aliphatic carbocycles. The quantitative estimate of drug-likeness (QED) is 0.0927. The number of carbonyl (C=O) groups is 1. The van der Waals surface area contributed by atoms with Crippen LogP contribution in [0.3, 0.4) is 0 Å². The van der Waals surface area contributed by atoms with Gasteiger partial charge in [0.05, 0.1) is 4.99 Å². The van der Waals surface area contributed by atoms with E-state index < -0.39 is 53.2 Å². The van der Waals surface area contributed by atoms with Crippen LogP contribution in [0.15, 0.2) is 4.99 Å². The molecule has 0 aromatic rings. The molecule has 2 heterocycles. The fourth-order valence-electron chi connectivity index (χ4n) is 2.10. The summed E-state index contributed by atoms with van der Waals surface area (Å²) < 4.78 is 33.5. The third kappa shape index (κ3) is 5.24. The van der Waals surface area contributed by atoms with E-state index in [2.05, 4.69) is 29.0 Å². The number of hydrogen-bond donors (Lipinski definition) is 6. The van der Waals surface area contributed by atoms with Crippen molar-refractivity contribution in [3.63, 3.8) is 0 Å². The first kappa shape index (κ1) is 22.2. The van der Waals surface area contributed by atoms with Gasteiger partial charge < -0.3 is 25.6 Å². The Balaban J connectivity index is 2.03. The zero-order valence-electron chi connectivity index (χ0n) is 13.3. The van der Waals surface area contributed by atoms with Crippen molar-refractivity contribution in [1.29, 1.82) is 0 Å². The summed E-state index contributed by atoms with van der Waals surface area (Å²) in [5.74, 6) is 9.11. The van der Waals surface area contributed by atoms with Gasteiger partial charge >= 0.3 is 27.9 Å². The second-order valence-electron chi connectivity index (χ2n) is 5.09. The van der Waals surface area contributed by atoms with Crippen LogP contribution in [-0.4, -0.2) is 68.9 Å². The van der Waals surface area contributed by atoms with Gasteiger partial charge in [-0.3, -0.25) is 4.89 Å². The minimum absolute atomic E-state index is 0.0714. The van der Waals surface area contributed by atoms with E-state index in [1.807, 2.05) is 0 Å². The van der Waals surface area contributed by atoms with Gasteiger partial charge in [-0.15, -0.1) is 4.58 Å². The SMILES string of the molecule is NOP(=O)(O)O[P+]([O-])(ON)OC[C@H]1O[C@@H]([N+]2=C[CH+]C(N)=NC2=O)[C@H](O)[C@@H]1O. The highest BCUT2D eigenvalue weighted by Gasteiger charge is 2.53. The van der Waals surface area contributed by atoms with E-state index >= 15 is 0 Å². The number of nitrogens with two attached hydrogens (primary N) is 3. The zero-order valence-corrected chi connectivity index (χ0v) is 15.1. The van der Waals surface area contributed by atoms with Crippen molar-refractivity contribution in [2.75, 3.05) is 6.61 Å². The van der Waals surface area contributed by atoms with Gasteiger partial charge in [0.2, 0.25) is 12.6 Å². The lowest BCUT2D eigenvalue weighted by molar-refractivity contribution is -0.532. The summed E-state index contributed by atoms with van der Waals surface area (Å²) in [6.45, 7) is -0.801. The maximum absolute atomic E-state index is 12.0. The molecule has 2 amide bonds. The highest BCUT2D eigenvalue weighted by Crippen LogP contribution is 2.64. The number of phosphoric acid groups is 2. The summed E-state index contributed by atoms with van der Waals surface area (Å²) >= 11 is 0. The predicted molar refractivity (Wildman–Crippen MR) is 82.6 cm³/mol. The number of hydrogen-bond acceptors (Lipinski definition) is 13. The summed E-state index contributed by atoms with van der Waals surface area (Å²) in [5.41, 5.74) is 5.36. The molecule has 0 bridgehead atoms. The van der Waals surface area contributed by atoms with Crippen molar-refractivity contribution >= 4 is 34.1 Å². The molecule has 2 aliphatic heterocycles. The van der Waals surface area contributed by atoms with Crippen LogP contribution in [0.4, 0.5) is 4.79 Å². The molecule has 18 heteroatoms. The molecule has 0 radical (unpaired) electrons. The van der Waals surface area contributed by atoms with Crippen LogP contribution in [0, 0.1) is 6.42 Å². The summed E-state index contributed by atoms with van der Waals surface area (Å²) in [7, 11) is -9.86. The summed E-state index contributed by atoms with van der Waals surface area (Å²) in [4.78, 5) is 36.3. The standard InChI is InChI=1S/C9H15N5O11P2/c10-5-1-2-14(9(17)13-5)8-7(16)6(15)4(22-8)3-21-27(20,24-12)25-26(18,19)23-11/h1-2,4,6-8,15-16H,3,11-12H2,(H-2,10,13,17,18,19)/p+2/t4-,6-,7-,8-,27?/m1/s1. The molecule has 9 N–H and O–H groups in total. The van der Waals surface area contributed by atoms with Gasteiger partial charge in [-0.05, 0) is 0 Å². The van der Waals surface area contributed by atoms with Gasteiger partial charge in [0, 0.05) is 0 Å². The van der Waals surface area contributed by atoms with Gasteiger partial charge in [-0.1, -0.05) is 8.94 Å². The van der Waals surface area contributed by atoms with Crippen molar-refractivity contribution in [3.05, 3.63) is 6.42 Å². The molecule has 6 atom stereocenters. The largest absolute Gasteiger partial charge is 0.604 e. The molecular weight excluding hydrogens is 416 g/mol. The molecule has 1 fully saturated rings. The number of amides is 2. The smallest absolute Gasteiger partial charge is 0.550 e. The Morgan fingerprint density at radius 2 is 2.11 bits per heavy atom. The monoisotopic (exact) mass is 433 g/mol. The maximum atomic E-state index is 12.0. The van der Waals surface area contributed by atoms with E-state index in [1.54, 1.807) is 0 Å². The number of ether oxygens (including phenoxy) is 1. The van der Waals surface area contributed by atoms with Gasteiger partial charge in [0.15, 0.2) is 0 Å². The number of carbonyl (C=O) groups excluding carboxylic acids is 1. The molecule has 0 aromatic heterocycles. The Labute approximate surface area is 151 Å². The molecule has 0 spiro atoms. The number of aliphatic hydroxyl groups is 2. The molecule has 27 heavy (non-hydrogen) atoms. The normalized spacial score (nSPS) is 32.9. The summed E-state index contributed by atoms with van der Waals surface area (Å²) in [6, 6.07) is -0.867. The van der Waals surface area contributed by atoms with Gasteiger partial charge in [0.25, 0.3) is 6.21 Å². The van der Waals surface area contributed by atoms with Crippen LogP contribution in [0.5, 0.6) is 0 Å². The van der Waals surface area contributed by atoms with Crippen LogP contribution in [0.25, 0.3) is 0 Å². The van der Waals surface area contributed by atoms with E-state index in [0.29, 0.717) is 0 Å². The van der Waals surface area contributed by atoms with E-state index in [9.17, 15) is 24.5 Å². The van der Waals surface area contributed by atoms with Gasteiger partial charge in [-0.25, -0.2) is 10.5 Å². The van der Waals surface area contributed by atoms with E-state index in [4.69, 9.17) is 21.3 Å². The lowest BCUT2D eigenvalue weighted by atomic mass is 10.1. The Morgan fingerprint density at radius 3 is 2.67 bits per heavy atom. The number of rotatable bonds is 8. The number of aliphatic hydroxyl groups excluding tert-OH is 2. The highest BCUT2D eigenvalue weighted by molar-refractivity contribution is 7.64. The number of amidine groups is 1. The molecule has 16 nitrogen and oxygen atoms in total. The van der Waals surface area contributed by atoms with Crippen molar-refractivity contribution in [3.8, 4) is 0 Å². The minimum atomic E-state index is -5.00. The van der Waals surface area contributed by atoms with Crippen LogP contribution in [-0.2, 0) is 27.4 Å². The average molecular weight is 433 g/mol. The van der Waals surface area contributed by atoms with Crippen LogP contribution in [0.2, 0.25) is 0 Å². The molecule has 2 rings (SSSR count). The molecular formula is C9H17N5O11P2+2. The Kier molecular flexibility index (Phi) is 6.99. The Morgan fingerprint density at radius 1 is 1.44 bits per heavy atom. The minimum Gasteiger partial charge on any atom is -0.604 e. The summed E-state index contributed by atoms with van der Waals surface area (Å²) in [6.07, 6.45) is -3.58. The number of urea groups is 1. The fraction of sp³-hybridized carbons (Fsp3) is 0.556. The summed E-state index contributed by atoms with van der Waals surface area (Å²) in [5, 5.41) is 20.1. The molecule has 2 aliphatic rings. The van der Waals surface area contributed by atoms with Crippen molar-refractivity contribution in [1.82, 2.24) is 0 Å².